The topological polar surface area (TPSA) is 67.4 Å². The van der Waals surface area contributed by atoms with Crippen LogP contribution < -0.4 is 10.6 Å². The molecular formula is C16H12ClF3N2O3. The van der Waals surface area contributed by atoms with E-state index in [-0.39, 0.29) is 22.0 Å². The summed E-state index contributed by atoms with van der Waals surface area (Å²) in [5.41, 5.74) is -0.344. The molecule has 0 spiro atoms. The Morgan fingerprint density at radius 2 is 1.68 bits per heavy atom. The maximum absolute atomic E-state index is 12.5. The molecule has 0 saturated carbocycles. The quantitative estimate of drug-likeness (QED) is 0.761. The number of alkyl halides is 3. The number of anilines is 2. The Labute approximate surface area is 145 Å². The predicted octanol–water partition coefficient (Wildman–Crippen LogP) is 4.79. The number of halogens is 4. The van der Waals surface area contributed by atoms with Crippen LogP contribution in [-0.2, 0) is 10.9 Å². The first-order valence-electron chi connectivity index (χ1n) is 6.84. The number of carbonyl (C=O) groups excluding carboxylic acids is 2. The fourth-order valence-corrected chi connectivity index (χ4v) is 2.06. The summed E-state index contributed by atoms with van der Waals surface area (Å²) in [5, 5.41) is 4.95. The van der Waals surface area contributed by atoms with Crippen LogP contribution in [0.15, 0.2) is 42.5 Å². The Bertz CT molecular complexity index is 792. The van der Waals surface area contributed by atoms with Gasteiger partial charge in [0, 0.05) is 5.69 Å². The first-order chi connectivity index (χ1) is 11.7. The molecule has 0 unspecified atom stereocenters. The highest BCUT2D eigenvalue weighted by molar-refractivity contribution is 6.34. The van der Waals surface area contributed by atoms with Crippen molar-refractivity contribution >= 4 is 35.0 Å². The van der Waals surface area contributed by atoms with Gasteiger partial charge in [0.2, 0.25) is 0 Å². The van der Waals surface area contributed by atoms with Gasteiger partial charge in [0.05, 0.1) is 28.9 Å². The van der Waals surface area contributed by atoms with E-state index in [1.807, 2.05) is 0 Å². The number of rotatable bonds is 3. The van der Waals surface area contributed by atoms with Crippen LogP contribution >= 0.6 is 11.6 Å². The van der Waals surface area contributed by atoms with Crippen molar-refractivity contribution in [2.45, 2.75) is 6.18 Å². The van der Waals surface area contributed by atoms with Crippen LogP contribution in [0, 0.1) is 0 Å². The van der Waals surface area contributed by atoms with Crippen molar-refractivity contribution in [2.24, 2.45) is 0 Å². The fraction of sp³-hybridized carbons (Fsp3) is 0.125. The van der Waals surface area contributed by atoms with Gasteiger partial charge in [-0.15, -0.1) is 0 Å². The van der Waals surface area contributed by atoms with Gasteiger partial charge in [0.1, 0.15) is 0 Å². The third-order valence-electron chi connectivity index (χ3n) is 3.11. The highest BCUT2D eigenvalue weighted by atomic mass is 35.5. The third kappa shape index (κ3) is 4.87. The highest BCUT2D eigenvalue weighted by Gasteiger charge is 2.30. The molecule has 5 nitrogen and oxygen atoms in total. The van der Waals surface area contributed by atoms with Crippen LogP contribution in [0.1, 0.15) is 15.9 Å². The zero-order chi connectivity index (χ0) is 18.6. The maximum atomic E-state index is 12.5. The number of urea groups is 1. The third-order valence-corrected chi connectivity index (χ3v) is 3.44. The van der Waals surface area contributed by atoms with Crippen molar-refractivity contribution < 1.29 is 27.5 Å². The summed E-state index contributed by atoms with van der Waals surface area (Å²) in [7, 11) is 1.21. The molecule has 2 amide bonds. The number of methoxy groups -OCH3 is 1. The van der Waals surface area contributed by atoms with Crippen molar-refractivity contribution in [3.05, 3.63) is 58.6 Å². The molecule has 9 heteroatoms. The minimum atomic E-state index is -4.46. The predicted molar refractivity (Wildman–Crippen MR) is 86.9 cm³/mol. The van der Waals surface area contributed by atoms with Gasteiger partial charge in [-0.25, -0.2) is 9.59 Å². The van der Waals surface area contributed by atoms with Gasteiger partial charge in [0.15, 0.2) is 0 Å². The Morgan fingerprint density at radius 3 is 2.24 bits per heavy atom. The lowest BCUT2D eigenvalue weighted by atomic mass is 10.2. The summed E-state index contributed by atoms with van der Waals surface area (Å²) in [6.45, 7) is 0. The van der Waals surface area contributed by atoms with E-state index in [1.54, 1.807) is 0 Å². The van der Waals surface area contributed by atoms with Crippen molar-refractivity contribution in [3.63, 3.8) is 0 Å². The number of ether oxygens (including phenoxy) is 1. The minimum absolute atomic E-state index is 0.147. The summed E-state index contributed by atoms with van der Waals surface area (Å²) < 4.78 is 42.1. The summed E-state index contributed by atoms with van der Waals surface area (Å²) in [4.78, 5) is 23.4. The number of hydrogen-bond donors (Lipinski definition) is 2. The van der Waals surface area contributed by atoms with E-state index in [9.17, 15) is 22.8 Å². The Hall–Kier alpha value is -2.74. The number of benzene rings is 2. The van der Waals surface area contributed by atoms with Gasteiger partial charge in [-0.05, 0) is 42.5 Å². The molecule has 2 aromatic carbocycles. The average Bonchev–Trinajstić information content (AvgIpc) is 2.55. The first-order valence-corrected chi connectivity index (χ1v) is 7.21. The molecule has 0 atom stereocenters. The summed E-state index contributed by atoms with van der Waals surface area (Å²) >= 11 is 5.94. The molecular weight excluding hydrogens is 361 g/mol. The van der Waals surface area contributed by atoms with Crippen molar-refractivity contribution in [1.82, 2.24) is 0 Å². The second kappa shape index (κ2) is 7.43. The van der Waals surface area contributed by atoms with E-state index in [1.165, 1.54) is 25.3 Å². The molecule has 0 heterocycles. The van der Waals surface area contributed by atoms with E-state index in [4.69, 9.17) is 11.6 Å². The smallest absolute Gasteiger partial charge is 0.416 e. The minimum Gasteiger partial charge on any atom is -0.465 e. The van der Waals surface area contributed by atoms with Gasteiger partial charge in [-0.1, -0.05) is 11.6 Å². The lowest BCUT2D eigenvalue weighted by molar-refractivity contribution is -0.137. The summed E-state index contributed by atoms with van der Waals surface area (Å²) in [5.74, 6) is -0.608. The fourth-order valence-electron chi connectivity index (χ4n) is 1.89. The molecule has 0 aliphatic heterocycles. The second-order valence-electron chi connectivity index (χ2n) is 4.84. The van der Waals surface area contributed by atoms with Crippen LogP contribution in [0.4, 0.5) is 29.3 Å². The van der Waals surface area contributed by atoms with Crippen LogP contribution in [0.2, 0.25) is 5.02 Å². The van der Waals surface area contributed by atoms with Crippen molar-refractivity contribution in [2.75, 3.05) is 17.7 Å². The van der Waals surface area contributed by atoms with Crippen LogP contribution in [0.25, 0.3) is 0 Å². The molecule has 0 aromatic heterocycles. The number of amides is 2. The van der Waals surface area contributed by atoms with E-state index in [0.717, 1.165) is 24.3 Å². The standard InChI is InChI=1S/C16H12ClF3N2O3/c1-25-14(23)9-2-7-12(17)13(8-9)22-15(24)21-11-5-3-10(4-6-11)16(18,19)20/h2-8H,1H3,(H2,21,22,24). The number of hydrogen-bond acceptors (Lipinski definition) is 3. The molecule has 0 radical (unpaired) electrons. The number of esters is 1. The van der Waals surface area contributed by atoms with Crippen molar-refractivity contribution in [3.8, 4) is 0 Å². The first kappa shape index (κ1) is 18.6. The highest BCUT2D eigenvalue weighted by Crippen LogP contribution is 2.30. The number of carbonyl (C=O) groups is 2. The molecule has 2 N–H and O–H groups in total. The van der Waals surface area contributed by atoms with Crippen molar-refractivity contribution in [1.29, 1.82) is 0 Å². The second-order valence-corrected chi connectivity index (χ2v) is 5.25. The van der Waals surface area contributed by atoms with Gasteiger partial charge in [-0.2, -0.15) is 13.2 Å². The summed E-state index contributed by atoms with van der Waals surface area (Å²) in [6.07, 6.45) is -4.46. The van der Waals surface area contributed by atoms with E-state index < -0.39 is 23.7 Å². The van der Waals surface area contributed by atoms with Gasteiger partial charge < -0.3 is 15.4 Å². The molecule has 25 heavy (non-hydrogen) atoms. The SMILES string of the molecule is COC(=O)c1ccc(Cl)c(NC(=O)Nc2ccc(C(F)(F)F)cc2)c1. The Morgan fingerprint density at radius 1 is 1.04 bits per heavy atom. The van der Waals surface area contributed by atoms with E-state index in [2.05, 4.69) is 15.4 Å². The van der Waals surface area contributed by atoms with Gasteiger partial charge in [-0.3, -0.25) is 0 Å². The lowest BCUT2D eigenvalue weighted by Gasteiger charge is -2.11. The molecule has 2 rings (SSSR count). The molecule has 132 valence electrons. The van der Waals surface area contributed by atoms with Crippen LogP contribution in [0.5, 0.6) is 0 Å². The lowest BCUT2D eigenvalue weighted by Crippen LogP contribution is -2.20. The molecule has 0 bridgehead atoms. The van der Waals surface area contributed by atoms with Crippen LogP contribution in [0.3, 0.4) is 0 Å². The molecule has 0 fully saturated rings. The Kier molecular flexibility index (Phi) is 5.53. The summed E-state index contributed by atoms with van der Waals surface area (Å²) in [6, 6.07) is 7.35. The average molecular weight is 373 g/mol. The van der Waals surface area contributed by atoms with Gasteiger partial charge in [0.25, 0.3) is 0 Å². The molecule has 0 aliphatic carbocycles. The van der Waals surface area contributed by atoms with Gasteiger partial charge >= 0.3 is 18.2 Å². The van der Waals surface area contributed by atoms with E-state index in [0.29, 0.717) is 0 Å². The van der Waals surface area contributed by atoms with E-state index >= 15 is 0 Å². The monoisotopic (exact) mass is 372 g/mol. The molecule has 2 aromatic rings. The number of nitrogens with one attached hydrogen (secondary N) is 2. The maximum Gasteiger partial charge on any atom is 0.416 e. The zero-order valence-corrected chi connectivity index (χ0v) is 13.5. The Balaban J connectivity index is 2.09. The molecule has 0 saturated heterocycles. The normalized spacial score (nSPS) is 10.9. The largest absolute Gasteiger partial charge is 0.465 e. The zero-order valence-electron chi connectivity index (χ0n) is 12.8. The molecule has 0 aliphatic rings. The van der Waals surface area contributed by atoms with Crippen LogP contribution in [-0.4, -0.2) is 19.1 Å².